The Morgan fingerprint density at radius 3 is 2.82 bits per heavy atom. The Kier molecular flexibility index (Phi) is 5.26. The second-order valence-corrected chi connectivity index (χ2v) is 5.52. The first-order valence-electron chi connectivity index (χ1n) is 7.36. The number of hydrogen-bond acceptors (Lipinski definition) is 6. The van der Waals surface area contributed by atoms with Crippen molar-refractivity contribution < 1.29 is 14.8 Å². The zero-order chi connectivity index (χ0) is 16.1. The highest BCUT2D eigenvalue weighted by molar-refractivity contribution is 5.99. The van der Waals surface area contributed by atoms with Gasteiger partial charge in [-0.3, -0.25) is 14.9 Å². The van der Waals surface area contributed by atoms with Crippen molar-refractivity contribution in [1.29, 1.82) is 0 Å². The van der Waals surface area contributed by atoms with Gasteiger partial charge in [-0.05, 0) is 24.8 Å². The summed E-state index contributed by atoms with van der Waals surface area (Å²) < 4.78 is 0. The van der Waals surface area contributed by atoms with Gasteiger partial charge in [0.05, 0.1) is 11.0 Å². The molecule has 0 bridgehead atoms. The van der Waals surface area contributed by atoms with Crippen LogP contribution in [0, 0.1) is 16.0 Å². The van der Waals surface area contributed by atoms with Crippen molar-refractivity contribution in [1.82, 2.24) is 10.3 Å². The molecule has 1 atom stereocenters. The van der Waals surface area contributed by atoms with E-state index in [1.165, 1.54) is 18.7 Å². The summed E-state index contributed by atoms with van der Waals surface area (Å²) in [7, 11) is 0. The molecule has 2 rings (SSSR count). The number of nitrogen functional groups attached to an aromatic ring is 1. The Morgan fingerprint density at radius 2 is 2.18 bits per heavy atom. The van der Waals surface area contributed by atoms with Crippen molar-refractivity contribution in [3.05, 3.63) is 27.9 Å². The van der Waals surface area contributed by atoms with Gasteiger partial charge < -0.3 is 16.2 Å². The van der Waals surface area contributed by atoms with Crippen molar-refractivity contribution in [3.8, 4) is 0 Å². The molecule has 1 fully saturated rings. The largest absolute Gasteiger partial charge is 0.391 e. The quantitative estimate of drug-likeness (QED) is 0.554. The number of nitrogens with two attached hydrogens (primary N) is 1. The number of anilines is 1. The molecular weight excluding hydrogens is 288 g/mol. The monoisotopic (exact) mass is 308 g/mol. The van der Waals surface area contributed by atoms with Gasteiger partial charge in [0.25, 0.3) is 5.91 Å². The van der Waals surface area contributed by atoms with E-state index in [1.54, 1.807) is 0 Å². The van der Waals surface area contributed by atoms with Crippen molar-refractivity contribution >= 4 is 17.4 Å². The summed E-state index contributed by atoms with van der Waals surface area (Å²) in [5.41, 5.74) is 4.80. The zero-order valence-electron chi connectivity index (χ0n) is 12.2. The molecule has 0 spiro atoms. The van der Waals surface area contributed by atoms with E-state index >= 15 is 0 Å². The van der Waals surface area contributed by atoms with Crippen LogP contribution in [0.3, 0.4) is 0 Å². The molecule has 120 valence electrons. The van der Waals surface area contributed by atoms with Crippen molar-refractivity contribution in [2.75, 3.05) is 12.3 Å². The first-order chi connectivity index (χ1) is 10.5. The fourth-order valence-corrected chi connectivity index (χ4v) is 2.82. The fourth-order valence-electron chi connectivity index (χ4n) is 2.82. The van der Waals surface area contributed by atoms with Crippen LogP contribution >= 0.6 is 0 Å². The highest BCUT2D eigenvalue weighted by Crippen LogP contribution is 2.26. The third-order valence-corrected chi connectivity index (χ3v) is 4.05. The molecule has 1 aromatic heterocycles. The molecule has 0 unspecified atom stereocenters. The standard InChI is InChI=1S/C14H20N4O4/c15-13-12(18(21)22)10(6-7-16-13)14(20)17-8-11(19)9-4-2-1-3-5-9/h6-7,9,11,19H,1-5,8H2,(H2,15,16)(H,17,20)/t11-/m1/s1. The number of nitro groups is 1. The first kappa shape index (κ1) is 16.2. The van der Waals surface area contributed by atoms with Crippen LogP contribution in [0.5, 0.6) is 0 Å². The fraction of sp³-hybridized carbons (Fsp3) is 0.571. The topological polar surface area (TPSA) is 131 Å². The molecule has 0 aromatic carbocycles. The average molecular weight is 308 g/mol. The number of nitrogens with zero attached hydrogens (tertiary/aromatic N) is 2. The zero-order valence-corrected chi connectivity index (χ0v) is 12.2. The van der Waals surface area contributed by atoms with Crippen LogP contribution in [-0.4, -0.2) is 33.6 Å². The van der Waals surface area contributed by atoms with Gasteiger partial charge >= 0.3 is 5.69 Å². The Labute approximate surface area is 127 Å². The Bertz CT molecular complexity index is 558. The number of amides is 1. The number of nitrogens with one attached hydrogen (secondary N) is 1. The number of aliphatic hydroxyl groups is 1. The smallest absolute Gasteiger partial charge is 0.323 e. The minimum Gasteiger partial charge on any atom is -0.391 e. The first-order valence-corrected chi connectivity index (χ1v) is 7.36. The number of carbonyl (C=O) groups is 1. The molecule has 1 aliphatic carbocycles. The van der Waals surface area contributed by atoms with Crippen LogP contribution in [0.15, 0.2) is 12.3 Å². The molecule has 1 amide bonds. The normalized spacial score (nSPS) is 17.0. The van der Waals surface area contributed by atoms with Gasteiger partial charge in [0, 0.05) is 12.7 Å². The van der Waals surface area contributed by atoms with E-state index in [9.17, 15) is 20.0 Å². The van der Waals surface area contributed by atoms with Gasteiger partial charge in [0.2, 0.25) is 5.82 Å². The number of hydrogen-bond donors (Lipinski definition) is 3. The molecule has 0 aliphatic heterocycles. The molecule has 0 radical (unpaired) electrons. The lowest BCUT2D eigenvalue weighted by Crippen LogP contribution is -2.37. The van der Waals surface area contributed by atoms with Crippen LogP contribution in [0.1, 0.15) is 42.5 Å². The van der Waals surface area contributed by atoms with Gasteiger partial charge in [-0.1, -0.05) is 19.3 Å². The molecule has 1 heterocycles. The van der Waals surface area contributed by atoms with E-state index < -0.39 is 22.6 Å². The molecule has 4 N–H and O–H groups in total. The maximum absolute atomic E-state index is 12.1. The lowest BCUT2D eigenvalue weighted by atomic mass is 9.85. The van der Waals surface area contributed by atoms with E-state index in [0.717, 1.165) is 25.7 Å². The summed E-state index contributed by atoms with van der Waals surface area (Å²) in [5.74, 6) is -0.757. The summed E-state index contributed by atoms with van der Waals surface area (Å²) >= 11 is 0. The maximum Gasteiger partial charge on any atom is 0.323 e. The summed E-state index contributed by atoms with van der Waals surface area (Å²) in [4.78, 5) is 26.0. The number of pyridine rings is 1. The lowest BCUT2D eigenvalue weighted by Gasteiger charge is -2.26. The SMILES string of the molecule is Nc1nccc(C(=O)NC[C@@H](O)C2CCCCC2)c1[N+](=O)[O-]. The molecule has 22 heavy (non-hydrogen) atoms. The van der Waals surface area contributed by atoms with E-state index in [4.69, 9.17) is 5.73 Å². The van der Waals surface area contributed by atoms with Crippen LogP contribution in [0.4, 0.5) is 11.5 Å². The Morgan fingerprint density at radius 1 is 1.50 bits per heavy atom. The van der Waals surface area contributed by atoms with Crippen LogP contribution in [0.2, 0.25) is 0 Å². The van der Waals surface area contributed by atoms with Crippen molar-refractivity contribution in [3.63, 3.8) is 0 Å². The van der Waals surface area contributed by atoms with Gasteiger partial charge in [-0.2, -0.15) is 0 Å². The van der Waals surface area contributed by atoms with Gasteiger partial charge in [0.15, 0.2) is 0 Å². The number of aromatic nitrogens is 1. The second kappa shape index (κ2) is 7.17. The molecule has 1 saturated carbocycles. The predicted molar refractivity (Wildman–Crippen MR) is 80.2 cm³/mol. The van der Waals surface area contributed by atoms with Gasteiger partial charge in [-0.25, -0.2) is 4.98 Å². The predicted octanol–water partition coefficient (Wildman–Crippen LogP) is 1.24. The molecule has 1 aliphatic rings. The highest BCUT2D eigenvalue weighted by atomic mass is 16.6. The van der Waals surface area contributed by atoms with Crippen molar-refractivity contribution in [2.24, 2.45) is 5.92 Å². The third kappa shape index (κ3) is 3.70. The number of rotatable bonds is 5. The van der Waals surface area contributed by atoms with E-state index in [0.29, 0.717) is 0 Å². The maximum atomic E-state index is 12.1. The summed E-state index contributed by atoms with van der Waals surface area (Å²) in [5, 5.41) is 23.6. The summed E-state index contributed by atoms with van der Waals surface area (Å²) in [6, 6.07) is 1.25. The summed E-state index contributed by atoms with van der Waals surface area (Å²) in [6.45, 7) is 0.0723. The van der Waals surface area contributed by atoms with Gasteiger partial charge in [-0.15, -0.1) is 0 Å². The minimum atomic E-state index is -0.727. The number of aliphatic hydroxyl groups excluding tert-OH is 1. The molecule has 8 nitrogen and oxygen atoms in total. The Hall–Kier alpha value is -2.22. The van der Waals surface area contributed by atoms with Crippen LogP contribution in [-0.2, 0) is 0 Å². The van der Waals surface area contributed by atoms with Crippen molar-refractivity contribution in [2.45, 2.75) is 38.2 Å². The van der Waals surface area contributed by atoms with E-state index in [-0.39, 0.29) is 23.8 Å². The minimum absolute atomic E-state index is 0.0723. The third-order valence-electron chi connectivity index (χ3n) is 4.05. The summed E-state index contributed by atoms with van der Waals surface area (Å²) in [6.07, 6.45) is 5.85. The molecule has 8 heteroatoms. The van der Waals surface area contributed by atoms with Crippen LogP contribution < -0.4 is 11.1 Å². The van der Waals surface area contributed by atoms with E-state index in [1.807, 2.05) is 0 Å². The molecular formula is C14H20N4O4. The molecule has 1 aromatic rings. The lowest BCUT2D eigenvalue weighted by molar-refractivity contribution is -0.384. The Balaban J connectivity index is 2.00. The van der Waals surface area contributed by atoms with Gasteiger partial charge in [0.1, 0.15) is 5.56 Å². The van der Waals surface area contributed by atoms with E-state index in [2.05, 4.69) is 10.3 Å². The number of carbonyl (C=O) groups excluding carboxylic acids is 1. The van der Waals surface area contributed by atoms with Crippen LogP contribution in [0.25, 0.3) is 0 Å². The highest BCUT2D eigenvalue weighted by Gasteiger charge is 2.26. The average Bonchev–Trinajstić information content (AvgIpc) is 2.52. The second-order valence-electron chi connectivity index (χ2n) is 5.52. The molecule has 0 saturated heterocycles.